The fourth-order valence-corrected chi connectivity index (χ4v) is 7.84. The van der Waals surface area contributed by atoms with E-state index < -0.39 is 6.10 Å². The van der Waals surface area contributed by atoms with Gasteiger partial charge in [-0.25, -0.2) is 0 Å². The van der Waals surface area contributed by atoms with Crippen molar-refractivity contribution in [1.29, 1.82) is 0 Å². The molecule has 0 aromatic carbocycles. The van der Waals surface area contributed by atoms with Crippen LogP contribution in [0.5, 0.6) is 0 Å². The number of esters is 3. The quantitative estimate of drug-likeness (QED) is 0.0262. The Bertz CT molecular complexity index is 989. The SMILES string of the molecule is CCCCCC/C=C\CCCCCCCC(=O)OCC(COC(=O)CCCCCCC/C=C\CCCCCCCC)OC(=O)CCCCCCCCCCCCCCCCC. The highest BCUT2D eigenvalue weighted by Gasteiger charge is 2.19. The maximum Gasteiger partial charge on any atom is 0.306 e. The van der Waals surface area contributed by atoms with Crippen LogP contribution in [0.2, 0.25) is 0 Å². The van der Waals surface area contributed by atoms with E-state index in [9.17, 15) is 14.4 Å². The van der Waals surface area contributed by atoms with E-state index in [1.54, 1.807) is 0 Å². The van der Waals surface area contributed by atoms with E-state index in [1.807, 2.05) is 0 Å². The van der Waals surface area contributed by atoms with Gasteiger partial charge in [0.1, 0.15) is 13.2 Å². The topological polar surface area (TPSA) is 78.9 Å². The predicted octanol–water partition coefficient (Wildman–Crippen LogP) is 17.5. The van der Waals surface area contributed by atoms with Gasteiger partial charge in [-0.3, -0.25) is 14.4 Å². The third kappa shape index (κ3) is 48.8. The summed E-state index contributed by atoms with van der Waals surface area (Å²) < 4.78 is 16.8. The van der Waals surface area contributed by atoms with Gasteiger partial charge < -0.3 is 14.2 Å². The number of hydrogen-bond acceptors (Lipinski definition) is 6. The zero-order valence-electron chi connectivity index (χ0n) is 40.9. The molecule has 0 aliphatic carbocycles. The average molecular weight is 859 g/mol. The fourth-order valence-electron chi connectivity index (χ4n) is 7.84. The molecule has 0 saturated carbocycles. The summed E-state index contributed by atoms with van der Waals surface area (Å²) in [6, 6.07) is 0. The first-order chi connectivity index (χ1) is 30.0. The first-order valence-electron chi connectivity index (χ1n) is 26.8. The zero-order valence-corrected chi connectivity index (χ0v) is 40.9. The predicted molar refractivity (Wildman–Crippen MR) is 261 cm³/mol. The Morgan fingerprint density at radius 3 is 0.836 bits per heavy atom. The number of ether oxygens (including phenoxy) is 3. The molecule has 0 fully saturated rings. The Labute approximate surface area is 379 Å². The summed E-state index contributed by atoms with van der Waals surface area (Å²) >= 11 is 0. The Hall–Kier alpha value is -2.11. The molecule has 0 aliphatic rings. The van der Waals surface area contributed by atoms with Gasteiger partial charge in [-0.1, -0.05) is 225 Å². The molecule has 0 rings (SSSR count). The lowest BCUT2D eigenvalue weighted by Crippen LogP contribution is -2.30. The van der Waals surface area contributed by atoms with Crippen LogP contribution in [0.3, 0.4) is 0 Å². The third-order valence-corrected chi connectivity index (χ3v) is 11.9. The number of carbonyl (C=O) groups is 3. The Kier molecular flexibility index (Phi) is 48.8. The third-order valence-electron chi connectivity index (χ3n) is 11.9. The van der Waals surface area contributed by atoms with E-state index in [0.29, 0.717) is 19.3 Å². The minimum absolute atomic E-state index is 0.0744. The van der Waals surface area contributed by atoms with Crippen LogP contribution in [0.25, 0.3) is 0 Å². The minimum Gasteiger partial charge on any atom is -0.462 e. The fraction of sp³-hybridized carbons (Fsp3) is 0.873. The molecule has 0 aliphatic heterocycles. The van der Waals surface area contributed by atoms with Gasteiger partial charge in [0.25, 0.3) is 0 Å². The lowest BCUT2D eigenvalue weighted by Gasteiger charge is -2.18. The number of carbonyl (C=O) groups excluding carboxylic acids is 3. The number of hydrogen-bond donors (Lipinski definition) is 0. The molecular formula is C55H102O6. The molecule has 0 bridgehead atoms. The molecule has 1 unspecified atom stereocenters. The molecule has 0 aromatic heterocycles. The van der Waals surface area contributed by atoms with Gasteiger partial charge in [0.15, 0.2) is 6.10 Å². The molecule has 61 heavy (non-hydrogen) atoms. The molecule has 6 heteroatoms. The monoisotopic (exact) mass is 859 g/mol. The van der Waals surface area contributed by atoms with Crippen molar-refractivity contribution in [3.8, 4) is 0 Å². The van der Waals surface area contributed by atoms with Crippen LogP contribution in [0.4, 0.5) is 0 Å². The second-order valence-electron chi connectivity index (χ2n) is 18.1. The van der Waals surface area contributed by atoms with Crippen molar-refractivity contribution in [2.75, 3.05) is 13.2 Å². The molecule has 6 nitrogen and oxygen atoms in total. The molecule has 0 spiro atoms. The van der Waals surface area contributed by atoms with Crippen LogP contribution in [-0.2, 0) is 28.6 Å². The van der Waals surface area contributed by atoms with Gasteiger partial charge >= 0.3 is 17.9 Å². The summed E-state index contributed by atoms with van der Waals surface area (Å²) in [6.45, 7) is 6.64. The van der Waals surface area contributed by atoms with Gasteiger partial charge in [-0.15, -0.1) is 0 Å². The summed E-state index contributed by atoms with van der Waals surface area (Å²) in [7, 11) is 0. The summed E-state index contributed by atoms with van der Waals surface area (Å²) in [5, 5.41) is 0. The average Bonchev–Trinajstić information content (AvgIpc) is 3.26. The minimum atomic E-state index is -0.773. The normalized spacial score (nSPS) is 12.1. The number of allylic oxidation sites excluding steroid dienone is 4. The van der Waals surface area contributed by atoms with Crippen LogP contribution in [0.15, 0.2) is 24.3 Å². The van der Waals surface area contributed by atoms with Crippen LogP contribution in [0, 0.1) is 0 Å². The van der Waals surface area contributed by atoms with Crippen molar-refractivity contribution in [1.82, 2.24) is 0 Å². The van der Waals surface area contributed by atoms with E-state index in [1.165, 1.54) is 180 Å². The molecule has 0 N–H and O–H groups in total. The molecule has 0 radical (unpaired) electrons. The summed E-state index contributed by atoms with van der Waals surface area (Å²) in [5.41, 5.74) is 0. The van der Waals surface area contributed by atoms with E-state index in [-0.39, 0.29) is 31.1 Å². The van der Waals surface area contributed by atoms with Crippen LogP contribution >= 0.6 is 0 Å². The highest BCUT2D eigenvalue weighted by Crippen LogP contribution is 2.16. The number of unbranched alkanes of at least 4 members (excludes halogenated alkanes) is 34. The van der Waals surface area contributed by atoms with Crippen molar-refractivity contribution in [2.45, 2.75) is 297 Å². The van der Waals surface area contributed by atoms with Gasteiger partial charge in [0.2, 0.25) is 0 Å². The smallest absolute Gasteiger partial charge is 0.306 e. The molecule has 1 atom stereocenters. The van der Waals surface area contributed by atoms with E-state index in [2.05, 4.69) is 45.1 Å². The van der Waals surface area contributed by atoms with Gasteiger partial charge in [0, 0.05) is 19.3 Å². The summed E-state index contributed by atoms with van der Waals surface area (Å²) in [4.78, 5) is 38.0. The molecule has 0 aromatic rings. The van der Waals surface area contributed by atoms with Crippen molar-refractivity contribution in [3.63, 3.8) is 0 Å². The standard InChI is InChI=1S/C55H102O6/c1-4-7-10-13-16-19-22-25-27-30-33-36-39-42-45-48-54(57)60-51-52(50-59-53(56)47-44-41-38-35-32-29-24-21-18-15-12-9-6-3)61-55(58)49-46-43-40-37-34-31-28-26-23-20-17-14-11-8-5-2/h21,24-25,27,52H,4-20,22-23,26,28-51H2,1-3H3/b24-21-,27-25-. The first-order valence-corrected chi connectivity index (χ1v) is 26.8. The van der Waals surface area contributed by atoms with Crippen LogP contribution in [0.1, 0.15) is 290 Å². The summed E-state index contributed by atoms with van der Waals surface area (Å²) in [5.74, 6) is -0.876. The van der Waals surface area contributed by atoms with Crippen molar-refractivity contribution >= 4 is 17.9 Å². The van der Waals surface area contributed by atoms with Crippen molar-refractivity contribution in [2.24, 2.45) is 0 Å². The molecule has 0 heterocycles. The Balaban J connectivity index is 4.36. The van der Waals surface area contributed by atoms with E-state index >= 15 is 0 Å². The van der Waals surface area contributed by atoms with Crippen LogP contribution < -0.4 is 0 Å². The van der Waals surface area contributed by atoms with E-state index in [4.69, 9.17) is 14.2 Å². The highest BCUT2D eigenvalue weighted by atomic mass is 16.6. The van der Waals surface area contributed by atoms with Gasteiger partial charge in [0.05, 0.1) is 0 Å². The largest absolute Gasteiger partial charge is 0.462 e. The van der Waals surface area contributed by atoms with Gasteiger partial charge in [-0.2, -0.15) is 0 Å². The lowest BCUT2D eigenvalue weighted by molar-refractivity contribution is -0.167. The maximum absolute atomic E-state index is 12.8. The first kappa shape index (κ1) is 58.9. The molecular weight excluding hydrogens is 757 g/mol. The highest BCUT2D eigenvalue weighted by molar-refractivity contribution is 5.71. The maximum atomic E-state index is 12.8. The second-order valence-corrected chi connectivity index (χ2v) is 18.1. The second kappa shape index (κ2) is 50.5. The van der Waals surface area contributed by atoms with Crippen molar-refractivity contribution in [3.05, 3.63) is 24.3 Å². The molecule has 358 valence electrons. The molecule has 0 saturated heterocycles. The summed E-state index contributed by atoms with van der Waals surface area (Å²) in [6.07, 6.45) is 57.3. The Morgan fingerprint density at radius 2 is 0.541 bits per heavy atom. The van der Waals surface area contributed by atoms with Crippen LogP contribution in [-0.4, -0.2) is 37.2 Å². The Morgan fingerprint density at radius 1 is 0.311 bits per heavy atom. The zero-order chi connectivity index (χ0) is 44.4. The number of rotatable bonds is 49. The lowest BCUT2D eigenvalue weighted by atomic mass is 10.0. The van der Waals surface area contributed by atoms with Crippen molar-refractivity contribution < 1.29 is 28.6 Å². The van der Waals surface area contributed by atoms with E-state index in [0.717, 1.165) is 70.6 Å². The molecule has 0 amide bonds. The van der Waals surface area contributed by atoms with Gasteiger partial charge in [-0.05, 0) is 70.6 Å².